The van der Waals surface area contributed by atoms with Crippen LogP contribution in [-0.2, 0) is 9.53 Å². The van der Waals surface area contributed by atoms with Crippen LogP contribution in [0.4, 0.5) is 0 Å². The standard InChI is InChI=1S/C13H18BrNO2S2/c1-17-12(16)5-13(2-3-13)8-19-11(6-15)10-4-9(14)7-18-10/h4,7,11H,2-3,5-6,8,15H2,1H3. The molecule has 1 heterocycles. The van der Waals surface area contributed by atoms with Crippen molar-refractivity contribution in [3.63, 3.8) is 0 Å². The third-order valence-corrected chi connectivity index (χ3v) is 7.00. The zero-order valence-corrected chi connectivity index (χ0v) is 14.1. The molecule has 0 saturated heterocycles. The maximum Gasteiger partial charge on any atom is 0.306 e. The molecule has 1 aromatic rings. The Kier molecular flexibility index (Phi) is 5.34. The Morgan fingerprint density at radius 2 is 2.42 bits per heavy atom. The summed E-state index contributed by atoms with van der Waals surface area (Å²) < 4.78 is 5.88. The topological polar surface area (TPSA) is 52.3 Å². The molecule has 1 aliphatic rings. The summed E-state index contributed by atoms with van der Waals surface area (Å²) in [6, 6.07) is 2.13. The Labute approximate surface area is 130 Å². The van der Waals surface area contributed by atoms with Gasteiger partial charge in [0, 0.05) is 27.0 Å². The molecule has 1 aromatic heterocycles. The van der Waals surface area contributed by atoms with Crippen LogP contribution >= 0.6 is 39.0 Å². The molecule has 1 fully saturated rings. The fourth-order valence-corrected chi connectivity index (χ4v) is 5.09. The Hall–Kier alpha value is -0.0400. The van der Waals surface area contributed by atoms with Crippen LogP contribution < -0.4 is 5.73 Å². The van der Waals surface area contributed by atoms with E-state index in [2.05, 4.69) is 27.4 Å². The largest absolute Gasteiger partial charge is 0.469 e. The van der Waals surface area contributed by atoms with Gasteiger partial charge in [0.1, 0.15) is 0 Å². The van der Waals surface area contributed by atoms with Crippen molar-refractivity contribution in [1.29, 1.82) is 0 Å². The van der Waals surface area contributed by atoms with E-state index < -0.39 is 0 Å². The lowest BCUT2D eigenvalue weighted by atomic mass is 10.1. The summed E-state index contributed by atoms with van der Waals surface area (Å²) in [7, 11) is 1.46. The summed E-state index contributed by atoms with van der Waals surface area (Å²) in [5.41, 5.74) is 6.04. The molecule has 0 radical (unpaired) electrons. The molecule has 3 nitrogen and oxygen atoms in total. The molecule has 1 unspecified atom stereocenters. The molecule has 0 spiro atoms. The Morgan fingerprint density at radius 1 is 1.68 bits per heavy atom. The molecule has 2 N–H and O–H groups in total. The van der Waals surface area contributed by atoms with Gasteiger partial charge in [0.15, 0.2) is 0 Å². The van der Waals surface area contributed by atoms with Crippen LogP contribution in [0.3, 0.4) is 0 Å². The van der Waals surface area contributed by atoms with Crippen molar-refractivity contribution in [3.05, 3.63) is 20.8 Å². The summed E-state index contributed by atoms with van der Waals surface area (Å²) in [4.78, 5) is 12.7. The monoisotopic (exact) mass is 363 g/mol. The van der Waals surface area contributed by atoms with E-state index in [0.717, 1.165) is 23.1 Å². The van der Waals surface area contributed by atoms with Crippen LogP contribution in [0.2, 0.25) is 0 Å². The van der Waals surface area contributed by atoms with Crippen LogP contribution in [0.15, 0.2) is 15.9 Å². The Morgan fingerprint density at radius 3 is 2.89 bits per heavy atom. The first-order chi connectivity index (χ1) is 9.08. The highest BCUT2D eigenvalue weighted by atomic mass is 79.9. The van der Waals surface area contributed by atoms with Gasteiger partial charge in [0.2, 0.25) is 0 Å². The molecule has 0 amide bonds. The number of nitrogens with two attached hydrogens (primary N) is 1. The van der Waals surface area contributed by atoms with Crippen molar-refractivity contribution in [1.82, 2.24) is 0 Å². The number of hydrogen-bond donors (Lipinski definition) is 1. The van der Waals surface area contributed by atoms with E-state index in [9.17, 15) is 4.79 Å². The molecule has 19 heavy (non-hydrogen) atoms. The second-order valence-electron chi connectivity index (χ2n) is 4.96. The van der Waals surface area contributed by atoms with E-state index in [0.29, 0.717) is 18.2 Å². The van der Waals surface area contributed by atoms with Crippen molar-refractivity contribution in [3.8, 4) is 0 Å². The summed E-state index contributed by atoms with van der Waals surface area (Å²) in [5.74, 6) is 0.890. The molecular weight excluding hydrogens is 346 g/mol. The molecule has 0 aliphatic heterocycles. The molecule has 106 valence electrons. The number of esters is 1. The normalized spacial score (nSPS) is 18.1. The number of rotatable bonds is 7. The first kappa shape index (κ1) is 15.4. The minimum atomic E-state index is -0.0960. The lowest BCUT2D eigenvalue weighted by Crippen LogP contribution is -2.16. The van der Waals surface area contributed by atoms with E-state index in [1.165, 1.54) is 12.0 Å². The van der Waals surface area contributed by atoms with Gasteiger partial charge >= 0.3 is 5.97 Å². The number of thiophene rings is 1. The van der Waals surface area contributed by atoms with E-state index in [1.807, 2.05) is 11.8 Å². The highest BCUT2D eigenvalue weighted by Gasteiger charge is 2.44. The van der Waals surface area contributed by atoms with Crippen molar-refractivity contribution in [2.24, 2.45) is 11.1 Å². The minimum Gasteiger partial charge on any atom is -0.469 e. The Bertz CT molecular complexity index is 446. The molecule has 0 aromatic carbocycles. The minimum absolute atomic E-state index is 0.0960. The molecule has 2 rings (SSSR count). The predicted molar refractivity (Wildman–Crippen MR) is 84.6 cm³/mol. The number of carbonyl (C=O) groups excluding carboxylic acids is 1. The number of thioether (sulfide) groups is 1. The van der Waals surface area contributed by atoms with Crippen LogP contribution in [0, 0.1) is 5.41 Å². The fourth-order valence-electron chi connectivity index (χ4n) is 1.97. The first-order valence-corrected chi connectivity index (χ1v) is 8.93. The Balaban J connectivity index is 1.88. The van der Waals surface area contributed by atoms with Gasteiger partial charge in [0.05, 0.1) is 18.8 Å². The first-order valence-electron chi connectivity index (χ1n) is 6.21. The molecular formula is C13H18BrNO2S2. The van der Waals surface area contributed by atoms with Crippen LogP contribution in [0.5, 0.6) is 0 Å². The van der Waals surface area contributed by atoms with Gasteiger partial charge in [-0.2, -0.15) is 11.8 Å². The van der Waals surface area contributed by atoms with Gasteiger partial charge in [-0.05, 0) is 40.3 Å². The van der Waals surface area contributed by atoms with Gasteiger partial charge in [-0.1, -0.05) is 0 Å². The predicted octanol–water partition coefficient (Wildman–Crippen LogP) is 3.59. The maximum atomic E-state index is 11.4. The van der Waals surface area contributed by atoms with Crippen molar-refractivity contribution in [2.45, 2.75) is 24.5 Å². The fraction of sp³-hybridized carbons (Fsp3) is 0.615. The lowest BCUT2D eigenvalue weighted by molar-refractivity contribution is -0.141. The van der Waals surface area contributed by atoms with Gasteiger partial charge in [0.25, 0.3) is 0 Å². The average Bonchev–Trinajstić information content (AvgIpc) is 3.02. The molecule has 0 bridgehead atoms. The van der Waals surface area contributed by atoms with Crippen molar-refractivity contribution >= 4 is 45.0 Å². The number of carbonyl (C=O) groups is 1. The molecule has 6 heteroatoms. The van der Waals surface area contributed by atoms with Crippen LogP contribution in [0.25, 0.3) is 0 Å². The highest BCUT2D eigenvalue weighted by Crippen LogP contribution is 2.53. The number of methoxy groups -OCH3 is 1. The number of ether oxygens (including phenoxy) is 1. The SMILES string of the molecule is COC(=O)CC1(CSC(CN)c2cc(Br)cs2)CC1. The second kappa shape index (κ2) is 6.61. The smallest absolute Gasteiger partial charge is 0.306 e. The third-order valence-electron chi connectivity index (χ3n) is 3.41. The summed E-state index contributed by atoms with van der Waals surface area (Å²) >= 11 is 7.07. The average molecular weight is 364 g/mol. The van der Waals surface area contributed by atoms with E-state index in [-0.39, 0.29) is 11.4 Å². The zero-order chi connectivity index (χ0) is 13.9. The second-order valence-corrected chi connectivity index (χ2v) is 8.01. The number of halogens is 1. The van der Waals surface area contributed by atoms with Crippen LogP contribution in [-0.4, -0.2) is 25.4 Å². The number of hydrogen-bond acceptors (Lipinski definition) is 5. The zero-order valence-electron chi connectivity index (χ0n) is 10.9. The summed E-state index contributed by atoms with van der Waals surface area (Å²) in [6.45, 7) is 0.631. The van der Waals surface area contributed by atoms with Crippen LogP contribution in [0.1, 0.15) is 29.4 Å². The molecule has 1 saturated carbocycles. The van der Waals surface area contributed by atoms with Gasteiger partial charge in [-0.15, -0.1) is 11.3 Å². The highest BCUT2D eigenvalue weighted by molar-refractivity contribution is 9.10. The van der Waals surface area contributed by atoms with Crippen molar-refractivity contribution in [2.75, 3.05) is 19.4 Å². The maximum absolute atomic E-state index is 11.4. The third kappa shape index (κ3) is 4.21. The van der Waals surface area contributed by atoms with E-state index in [1.54, 1.807) is 11.3 Å². The summed E-state index contributed by atoms with van der Waals surface area (Å²) in [5, 5.41) is 2.41. The van der Waals surface area contributed by atoms with E-state index in [4.69, 9.17) is 10.5 Å². The van der Waals surface area contributed by atoms with Gasteiger partial charge in [-0.3, -0.25) is 4.79 Å². The summed E-state index contributed by atoms with van der Waals surface area (Å²) in [6.07, 6.45) is 2.79. The lowest BCUT2D eigenvalue weighted by Gasteiger charge is -2.18. The molecule has 1 atom stereocenters. The van der Waals surface area contributed by atoms with E-state index >= 15 is 0 Å². The van der Waals surface area contributed by atoms with Crippen molar-refractivity contribution < 1.29 is 9.53 Å². The van der Waals surface area contributed by atoms with Gasteiger partial charge in [-0.25, -0.2) is 0 Å². The quantitative estimate of drug-likeness (QED) is 0.752. The van der Waals surface area contributed by atoms with Gasteiger partial charge < -0.3 is 10.5 Å². The molecule has 1 aliphatic carbocycles.